The molecule has 0 aliphatic heterocycles. The van der Waals surface area contributed by atoms with E-state index in [-0.39, 0.29) is 25.0 Å². The number of carbonyl (C=O) groups excluding carboxylic acids is 2. The molecule has 2 aromatic carbocycles. The van der Waals surface area contributed by atoms with Gasteiger partial charge in [0.05, 0.1) is 11.9 Å². The molecular weight excluding hydrogens is 450 g/mol. The number of aryl methyl sites for hydroxylation is 2. The van der Waals surface area contributed by atoms with Gasteiger partial charge in [-0.15, -0.1) is 0 Å². The molecule has 186 valence electrons. The molecule has 0 radical (unpaired) electrons. The predicted octanol–water partition coefficient (Wildman–Crippen LogP) is 3.66. The Balaban J connectivity index is 2.49. The molecule has 0 bridgehead atoms. The average molecular weight is 488 g/mol. The zero-order valence-corrected chi connectivity index (χ0v) is 21.9. The van der Waals surface area contributed by atoms with Gasteiger partial charge in [0.1, 0.15) is 12.6 Å². The van der Waals surface area contributed by atoms with Crippen molar-refractivity contribution in [3.05, 3.63) is 65.2 Å². The fourth-order valence-corrected chi connectivity index (χ4v) is 4.80. The third-order valence-electron chi connectivity index (χ3n) is 5.74. The van der Waals surface area contributed by atoms with E-state index >= 15 is 0 Å². The minimum Gasteiger partial charge on any atom is -0.352 e. The van der Waals surface area contributed by atoms with Crippen molar-refractivity contribution in [3.8, 4) is 0 Å². The Labute approximate surface area is 204 Å². The molecule has 0 heterocycles. The van der Waals surface area contributed by atoms with Crippen LogP contribution in [-0.4, -0.2) is 50.0 Å². The van der Waals surface area contributed by atoms with Crippen molar-refractivity contribution >= 4 is 27.5 Å². The minimum absolute atomic E-state index is 0.0825. The highest BCUT2D eigenvalue weighted by molar-refractivity contribution is 7.92. The lowest BCUT2D eigenvalue weighted by molar-refractivity contribution is -0.140. The van der Waals surface area contributed by atoms with Gasteiger partial charge in [0.2, 0.25) is 21.8 Å². The first-order valence-electron chi connectivity index (χ1n) is 11.7. The van der Waals surface area contributed by atoms with Gasteiger partial charge < -0.3 is 10.2 Å². The normalized spacial score (nSPS) is 12.3. The molecule has 2 rings (SSSR count). The van der Waals surface area contributed by atoms with Crippen LogP contribution in [0.3, 0.4) is 0 Å². The van der Waals surface area contributed by atoms with E-state index in [2.05, 4.69) is 5.32 Å². The second-order valence-electron chi connectivity index (χ2n) is 8.79. The van der Waals surface area contributed by atoms with Crippen LogP contribution >= 0.6 is 0 Å². The van der Waals surface area contributed by atoms with E-state index in [1.54, 1.807) is 12.1 Å². The van der Waals surface area contributed by atoms with Crippen LogP contribution in [0.4, 0.5) is 5.69 Å². The first-order chi connectivity index (χ1) is 16.0. The van der Waals surface area contributed by atoms with Crippen molar-refractivity contribution in [3.63, 3.8) is 0 Å². The Morgan fingerprint density at radius 2 is 1.56 bits per heavy atom. The molecule has 0 aromatic heterocycles. The Kier molecular flexibility index (Phi) is 9.67. The number of amides is 2. The molecule has 1 atom stereocenters. The summed E-state index contributed by atoms with van der Waals surface area (Å²) in [6, 6.07) is 14.0. The van der Waals surface area contributed by atoms with Gasteiger partial charge in [0.15, 0.2) is 0 Å². The van der Waals surface area contributed by atoms with Crippen molar-refractivity contribution in [2.45, 2.75) is 66.1 Å². The number of nitrogens with zero attached hydrogens (tertiary/aromatic N) is 2. The molecule has 0 saturated heterocycles. The third kappa shape index (κ3) is 7.06. The summed E-state index contributed by atoms with van der Waals surface area (Å²) in [5.74, 6) is -0.676. The van der Waals surface area contributed by atoms with E-state index in [0.717, 1.165) is 27.3 Å². The summed E-state index contributed by atoms with van der Waals surface area (Å²) >= 11 is 0. The maximum atomic E-state index is 13.7. The standard InChI is InChI=1S/C26H37N3O4S/c1-7-21-14-11-12-16-24(21)29(34(6,32)33)18-25(30)28(17-22-15-10-9-13-20(22)5)23(8-2)26(31)27-19(3)4/h9-16,19,23H,7-8,17-18H2,1-6H3,(H,27,31)/t23-/m0/s1. The summed E-state index contributed by atoms with van der Waals surface area (Å²) in [4.78, 5) is 28.2. The van der Waals surface area contributed by atoms with Crippen LogP contribution in [0, 0.1) is 6.92 Å². The van der Waals surface area contributed by atoms with E-state index in [4.69, 9.17) is 0 Å². The molecule has 2 amide bonds. The zero-order chi connectivity index (χ0) is 25.5. The highest BCUT2D eigenvalue weighted by atomic mass is 32.2. The van der Waals surface area contributed by atoms with Crippen LogP contribution in [0.15, 0.2) is 48.5 Å². The van der Waals surface area contributed by atoms with E-state index < -0.39 is 22.0 Å². The number of carbonyl (C=O) groups is 2. The van der Waals surface area contributed by atoms with E-state index in [1.165, 1.54) is 4.90 Å². The maximum absolute atomic E-state index is 13.7. The van der Waals surface area contributed by atoms with E-state index in [1.807, 2.05) is 71.0 Å². The quantitative estimate of drug-likeness (QED) is 0.524. The number of anilines is 1. The molecule has 0 aliphatic carbocycles. The highest BCUT2D eigenvalue weighted by Gasteiger charge is 2.32. The molecule has 1 N–H and O–H groups in total. The first kappa shape index (κ1) is 27.4. The monoisotopic (exact) mass is 487 g/mol. The summed E-state index contributed by atoms with van der Waals surface area (Å²) in [6.45, 7) is 9.30. The number of hydrogen-bond acceptors (Lipinski definition) is 4. The van der Waals surface area contributed by atoms with Crippen LogP contribution in [0.2, 0.25) is 0 Å². The first-order valence-corrected chi connectivity index (χ1v) is 13.5. The molecular formula is C26H37N3O4S. The molecule has 0 fully saturated rings. The fraction of sp³-hybridized carbons (Fsp3) is 0.462. The molecule has 34 heavy (non-hydrogen) atoms. The molecule has 0 aliphatic rings. The summed E-state index contributed by atoms with van der Waals surface area (Å²) in [6.07, 6.45) is 2.12. The van der Waals surface area contributed by atoms with Gasteiger partial charge in [-0.3, -0.25) is 13.9 Å². The lowest BCUT2D eigenvalue weighted by atomic mass is 10.1. The lowest BCUT2D eigenvalue weighted by Crippen LogP contribution is -2.53. The van der Waals surface area contributed by atoms with Gasteiger partial charge in [-0.2, -0.15) is 0 Å². The van der Waals surface area contributed by atoms with Gasteiger partial charge in [-0.25, -0.2) is 8.42 Å². The second-order valence-corrected chi connectivity index (χ2v) is 10.7. The van der Waals surface area contributed by atoms with E-state index in [9.17, 15) is 18.0 Å². The fourth-order valence-electron chi connectivity index (χ4n) is 3.92. The summed E-state index contributed by atoms with van der Waals surface area (Å²) < 4.78 is 26.7. The topological polar surface area (TPSA) is 86.8 Å². The highest BCUT2D eigenvalue weighted by Crippen LogP contribution is 2.24. The number of rotatable bonds is 11. The van der Waals surface area contributed by atoms with Crippen LogP contribution < -0.4 is 9.62 Å². The maximum Gasteiger partial charge on any atom is 0.244 e. The molecule has 0 spiro atoms. The Bertz CT molecular complexity index is 1100. The molecule has 0 saturated carbocycles. The van der Waals surface area contributed by atoms with Gasteiger partial charge in [0, 0.05) is 12.6 Å². The van der Waals surface area contributed by atoms with E-state index in [0.29, 0.717) is 18.5 Å². The van der Waals surface area contributed by atoms with Gasteiger partial charge in [-0.1, -0.05) is 56.3 Å². The van der Waals surface area contributed by atoms with Crippen molar-refractivity contribution in [2.24, 2.45) is 0 Å². The summed E-state index contributed by atoms with van der Waals surface area (Å²) in [5.41, 5.74) is 3.22. The SMILES string of the molecule is CCc1ccccc1N(CC(=O)N(Cc1ccccc1C)[C@@H](CC)C(=O)NC(C)C)S(C)(=O)=O. The summed E-state index contributed by atoms with van der Waals surface area (Å²) in [7, 11) is -3.75. The summed E-state index contributed by atoms with van der Waals surface area (Å²) in [5, 5.41) is 2.90. The number of hydrogen-bond donors (Lipinski definition) is 1. The molecule has 2 aromatic rings. The van der Waals surface area contributed by atoms with Crippen molar-refractivity contribution in [1.29, 1.82) is 0 Å². The molecule has 7 nitrogen and oxygen atoms in total. The minimum atomic E-state index is -3.75. The number of benzene rings is 2. The van der Waals surface area contributed by atoms with Crippen LogP contribution in [-0.2, 0) is 32.6 Å². The molecule has 0 unspecified atom stereocenters. The Morgan fingerprint density at radius 1 is 0.971 bits per heavy atom. The van der Waals surface area contributed by atoms with Crippen LogP contribution in [0.25, 0.3) is 0 Å². The Hall–Kier alpha value is -2.87. The van der Waals surface area contributed by atoms with Gasteiger partial charge >= 0.3 is 0 Å². The van der Waals surface area contributed by atoms with Crippen LogP contribution in [0.5, 0.6) is 0 Å². The lowest BCUT2D eigenvalue weighted by Gasteiger charge is -2.34. The molecule has 8 heteroatoms. The van der Waals surface area contributed by atoms with Crippen LogP contribution in [0.1, 0.15) is 50.8 Å². The Morgan fingerprint density at radius 3 is 2.09 bits per heavy atom. The van der Waals surface area contributed by atoms with Crippen molar-refractivity contribution < 1.29 is 18.0 Å². The second kappa shape index (κ2) is 12.0. The smallest absolute Gasteiger partial charge is 0.244 e. The predicted molar refractivity (Wildman–Crippen MR) is 137 cm³/mol. The number of para-hydroxylation sites is 1. The van der Waals surface area contributed by atoms with Gasteiger partial charge in [-0.05, 0) is 56.4 Å². The number of nitrogens with one attached hydrogen (secondary N) is 1. The van der Waals surface area contributed by atoms with Gasteiger partial charge in [0.25, 0.3) is 0 Å². The van der Waals surface area contributed by atoms with Crippen molar-refractivity contribution in [1.82, 2.24) is 10.2 Å². The van der Waals surface area contributed by atoms with Crippen molar-refractivity contribution in [2.75, 3.05) is 17.1 Å². The number of sulfonamides is 1. The third-order valence-corrected chi connectivity index (χ3v) is 6.87. The largest absolute Gasteiger partial charge is 0.352 e. The average Bonchev–Trinajstić information content (AvgIpc) is 2.77. The zero-order valence-electron chi connectivity index (χ0n) is 21.0.